The first-order valence-electron chi connectivity index (χ1n) is 32.9. The van der Waals surface area contributed by atoms with E-state index in [2.05, 4.69) is 215 Å². The van der Waals surface area contributed by atoms with E-state index in [0.29, 0.717) is 12.8 Å². The summed E-state index contributed by atoms with van der Waals surface area (Å²) < 4.78 is 16.9. The maximum atomic E-state index is 13.0. The summed E-state index contributed by atoms with van der Waals surface area (Å²) in [5, 5.41) is 0. The van der Waals surface area contributed by atoms with Gasteiger partial charge in [-0.1, -0.05) is 273 Å². The van der Waals surface area contributed by atoms with E-state index in [1.165, 1.54) is 32.1 Å². The van der Waals surface area contributed by atoms with Crippen LogP contribution in [-0.4, -0.2) is 37.2 Å². The summed E-state index contributed by atoms with van der Waals surface area (Å²) in [5.74, 6) is -1.01. The van der Waals surface area contributed by atoms with Gasteiger partial charge >= 0.3 is 17.9 Å². The third kappa shape index (κ3) is 66.9. The number of rotatable bonds is 57. The molecule has 0 rings (SSSR count). The number of unbranched alkanes of at least 4 members (excludes halogenated alkanes) is 14. The van der Waals surface area contributed by atoms with Gasteiger partial charge in [-0.3, -0.25) is 14.4 Å². The molecule has 0 saturated heterocycles. The first kappa shape index (κ1) is 77.2. The molecule has 6 heteroatoms. The molecule has 0 aromatic heterocycles. The first-order valence-corrected chi connectivity index (χ1v) is 32.9. The monoisotopic (exact) mass is 1140 g/mol. The van der Waals surface area contributed by atoms with Gasteiger partial charge in [-0.25, -0.2) is 0 Å². The Labute approximate surface area is 509 Å². The second kappa shape index (κ2) is 68.7. The molecule has 0 bridgehead atoms. The third-order valence-electron chi connectivity index (χ3n) is 13.1. The van der Waals surface area contributed by atoms with Crippen LogP contribution in [0.2, 0.25) is 0 Å². The molecule has 1 unspecified atom stereocenters. The van der Waals surface area contributed by atoms with Crippen LogP contribution in [0, 0.1) is 0 Å². The highest BCUT2D eigenvalue weighted by Gasteiger charge is 2.19. The number of esters is 3. The van der Waals surface area contributed by atoms with Crippen LogP contribution in [0.25, 0.3) is 0 Å². The van der Waals surface area contributed by atoms with Crippen molar-refractivity contribution in [1.29, 1.82) is 0 Å². The highest BCUT2D eigenvalue weighted by molar-refractivity contribution is 5.71. The highest BCUT2D eigenvalue weighted by atomic mass is 16.6. The topological polar surface area (TPSA) is 78.9 Å². The van der Waals surface area contributed by atoms with Crippen LogP contribution in [0.15, 0.2) is 194 Å². The molecule has 0 heterocycles. The number of carbonyl (C=O) groups excluding carboxylic acids is 3. The number of carbonyl (C=O) groups is 3. The quantitative estimate of drug-likeness (QED) is 0.0261. The maximum absolute atomic E-state index is 13.0. The van der Waals surface area contributed by atoms with Gasteiger partial charge in [-0.15, -0.1) is 0 Å². The molecule has 0 aromatic carbocycles. The standard InChI is InChI=1S/C77H118O6/c1-4-7-10-13-16-19-22-25-28-31-34-36-38-40-43-46-49-52-55-58-61-64-67-70-76(79)82-73-74(72-81-75(78)69-66-63-60-57-54-51-48-45-42-33-30-27-24-21-18-15-12-9-6-3)83-77(80)71-68-65-62-59-56-53-50-47-44-41-39-37-35-32-29-26-23-20-17-14-11-8-5-2/h7-12,16-21,25-30,34-37,40-45,49,52,58,61,74H,4-6,13-15,22-24,31-33,38-39,46-48,50-51,53-57,59-60,62-73H2,1-3H3/b10-7-,11-8-,12-9-,19-16-,20-17-,21-18-,28-25-,29-26-,30-27-,36-34-,37-35-,43-40-,44-41-,45-42-,52-49-,61-58-. The molecular formula is C77H118O6. The highest BCUT2D eigenvalue weighted by Crippen LogP contribution is 2.14. The molecule has 0 amide bonds. The lowest BCUT2D eigenvalue weighted by Crippen LogP contribution is -2.30. The summed E-state index contributed by atoms with van der Waals surface area (Å²) in [7, 11) is 0. The fraction of sp³-hybridized carbons (Fsp3) is 0.545. The van der Waals surface area contributed by atoms with Crippen molar-refractivity contribution in [3.8, 4) is 0 Å². The van der Waals surface area contributed by atoms with Crippen molar-refractivity contribution >= 4 is 17.9 Å². The van der Waals surface area contributed by atoms with Gasteiger partial charge in [0.15, 0.2) is 6.10 Å². The summed E-state index contributed by atoms with van der Waals surface area (Å²) in [6.07, 6.45) is 104. The number of allylic oxidation sites excluding steroid dienone is 32. The molecule has 1 atom stereocenters. The Morgan fingerprint density at radius 2 is 0.446 bits per heavy atom. The summed E-state index contributed by atoms with van der Waals surface area (Å²) in [6.45, 7) is 6.22. The van der Waals surface area contributed by atoms with Crippen LogP contribution in [0.4, 0.5) is 0 Å². The Kier molecular flexibility index (Phi) is 64.0. The van der Waals surface area contributed by atoms with Crippen LogP contribution in [-0.2, 0) is 28.6 Å². The SMILES string of the molecule is CC/C=C\C/C=C\C/C=C\C/C=C\C/C=C\C/C=C\C/C=C\CCCC(=O)OCC(COC(=O)CCCCCCCC/C=C\C/C=C\C/C=C\C/C=C\CC)OC(=O)CCCCCCCCC/C=C\C/C=C\C/C=C\C/C=C\C/C=C\CC. The van der Waals surface area contributed by atoms with Crippen LogP contribution < -0.4 is 0 Å². The molecular weight excluding hydrogens is 1020 g/mol. The van der Waals surface area contributed by atoms with Crippen molar-refractivity contribution in [2.24, 2.45) is 0 Å². The van der Waals surface area contributed by atoms with Crippen LogP contribution in [0.5, 0.6) is 0 Å². The first-order chi connectivity index (χ1) is 41.0. The Morgan fingerprint density at radius 1 is 0.241 bits per heavy atom. The van der Waals surface area contributed by atoms with Gasteiger partial charge < -0.3 is 14.2 Å². The average molecular weight is 1140 g/mol. The molecule has 83 heavy (non-hydrogen) atoms. The smallest absolute Gasteiger partial charge is 0.306 e. The van der Waals surface area contributed by atoms with Crippen molar-refractivity contribution in [3.05, 3.63) is 194 Å². The zero-order valence-electron chi connectivity index (χ0n) is 52.9. The molecule has 0 aromatic rings. The minimum atomic E-state index is -0.829. The number of ether oxygens (including phenoxy) is 3. The van der Waals surface area contributed by atoms with E-state index in [0.717, 1.165) is 173 Å². The lowest BCUT2D eigenvalue weighted by atomic mass is 10.1. The molecule has 0 fully saturated rings. The van der Waals surface area contributed by atoms with Gasteiger partial charge in [0, 0.05) is 19.3 Å². The fourth-order valence-corrected chi connectivity index (χ4v) is 8.27. The largest absolute Gasteiger partial charge is 0.462 e. The van der Waals surface area contributed by atoms with E-state index in [1.54, 1.807) is 0 Å². The van der Waals surface area contributed by atoms with Crippen LogP contribution in [0.3, 0.4) is 0 Å². The summed E-state index contributed by atoms with van der Waals surface area (Å²) in [6, 6.07) is 0. The van der Waals surface area contributed by atoms with E-state index in [9.17, 15) is 14.4 Å². The Bertz CT molecular complexity index is 1990. The molecule has 0 aliphatic heterocycles. The van der Waals surface area contributed by atoms with Crippen LogP contribution >= 0.6 is 0 Å². The van der Waals surface area contributed by atoms with Gasteiger partial charge in [-0.05, 0) is 154 Å². The minimum absolute atomic E-state index is 0.119. The zero-order chi connectivity index (χ0) is 59.9. The molecule has 0 radical (unpaired) electrons. The average Bonchev–Trinajstić information content (AvgIpc) is 3.49. The van der Waals surface area contributed by atoms with Crippen molar-refractivity contribution < 1.29 is 28.6 Å². The van der Waals surface area contributed by atoms with Gasteiger partial charge in [-0.2, -0.15) is 0 Å². The second-order valence-corrected chi connectivity index (χ2v) is 20.9. The van der Waals surface area contributed by atoms with E-state index >= 15 is 0 Å². The van der Waals surface area contributed by atoms with Crippen LogP contribution in [0.1, 0.15) is 252 Å². The molecule has 0 aliphatic rings. The summed E-state index contributed by atoms with van der Waals surface area (Å²) >= 11 is 0. The predicted molar refractivity (Wildman–Crippen MR) is 361 cm³/mol. The van der Waals surface area contributed by atoms with Gasteiger partial charge in [0.25, 0.3) is 0 Å². The molecule has 6 nitrogen and oxygen atoms in total. The molecule has 462 valence electrons. The molecule has 0 N–H and O–H groups in total. The second-order valence-electron chi connectivity index (χ2n) is 20.9. The van der Waals surface area contributed by atoms with E-state index in [1.807, 2.05) is 0 Å². The fourth-order valence-electron chi connectivity index (χ4n) is 8.27. The minimum Gasteiger partial charge on any atom is -0.462 e. The maximum Gasteiger partial charge on any atom is 0.306 e. The van der Waals surface area contributed by atoms with Gasteiger partial charge in [0.05, 0.1) is 0 Å². The lowest BCUT2D eigenvalue weighted by Gasteiger charge is -2.18. The predicted octanol–water partition coefficient (Wildman–Crippen LogP) is 23.0. The van der Waals surface area contributed by atoms with Crippen molar-refractivity contribution in [3.63, 3.8) is 0 Å². The van der Waals surface area contributed by atoms with Crippen molar-refractivity contribution in [1.82, 2.24) is 0 Å². The molecule has 0 saturated carbocycles. The normalized spacial score (nSPS) is 13.4. The van der Waals surface area contributed by atoms with E-state index in [-0.39, 0.29) is 44.0 Å². The summed E-state index contributed by atoms with van der Waals surface area (Å²) in [4.78, 5) is 38.4. The Morgan fingerprint density at radius 3 is 0.723 bits per heavy atom. The Balaban J connectivity index is 4.58. The summed E-state index contributed by atoms with van der Waals surface area (Å²) in [5.41, 5.74) is 0. The van der Waals surface area contributed by atoms with Crippen molar-refractivity contribution in [2.75, 3.05) is 13.2 Å². The number of hydrogen-bond acceptors (Lipinski definition) is 6. The lowest BCUT2D eigenvalue weighted by molar-refractivity contribution is -0.167. The third-order valence-corrected chi connectivity index (χ3v) is 13.1. The zero-order valence-corrected chi connectivity index (χ0v) is 52.9. The van der Waals surface area contributed by atoms with Gasteiger partial charge in [0.1, 0.15) is 13.2 Å². The Hall–Kier alpha value is -5.75. The van der Waals surface area contributed by atoms with Crippen molar-refractivity contribution in [2.45, 2.75) is 258 Å². The van der Waals surface area contributed by atoms with E-state index in [4.69, 9.17) is 14.2 Å². The number of hydrogen-bond donors (Lipinski definition) is 0. The van der Waals surface area contributed by atoms with Gasteiger partial charge in [0.2, 0.25) is 0 Å². The molecule has 0 spiro atoms. The molecule has 0 aliphatic carbocycles. The van der Waals surface area contributed by atoms with E-state index < -0.39 is 6.10 Å².